The van der Waals surface area contributed by atoms with Gasteiger partial charge in [0.15, 0.2) is 11.5 Å². The van der Waals surface area contributed by atoms with E-state index in [9.17, 15) is 9.59 Å². The molecule has 0 saturated carbocycles. The van der Waals surface area contributed by atoms with Gasteiger partial charge in [-0.05, 0) is 22.9 Å². The van der Waals surface area contributed by atoms with Crippen LogP contribution < -0.4 is 9.47 Å². The van der Waals surface area contributed by atoms with Crippen molar-refractivity contribution in [2.75, 3.05) is 0 Å². The van der Waals surface area contributed by atoms with Crippen molar-refractivity contribution in [3.8, 4) is 11.5 Å². The van der Waals surface area contributed by atoms with Gasteiger partial charge in [-0.2, -0.15) is 0 Å². The van der Waals surface area contributed by atoms with E-state index in [4.69, 9.17) is 9.47 Å². The Hall–Kier alpha value is -2.36. The fourth-order valence-corrected chi connectivity index (χ4v) is 1.67. The Morgan fingerprint density at radius 2 is 1.22 bits per heavy atom. The van der Waals surface area contributed by atoms with Crippen LogP contribution >= 0.6 is 0 Å². The van der Waals surface area contributed by atoms with Crippen LogP contribution in [-0.4, -0.2) is 11.9 Å². The number of carbonyl (C=O) groups is 2. The Kier molecular flexibility index (Phi) is 3.28. The zero-order chi connectivity index (χ0) is 13.1. The SMILES string of the molecule is CC(=O)Oc1cc2ccccc2cc1OC(C)=O. The highest BCUT2D eigenvalue weighted by atomic mass is 16.6. The number of hydrogen-bond donors (Lipinski definition) is 0. The number of carbonyl (C=O) groups excluding carboxylic acids is 2. The number of fused-ring (bicyclic) bond motifs is 1. The summed E-state index contributed by atoms with van der Waals surface area (Å²) in [7, 11) is 0. The molecule has 0 aliphatic carbocycles. The first-order valence-electron chi connectivity index (χ1n) is 5.46. The highest BCUT2D eigenvalue weighted by molar-refractivity contribution is 5.88. The first-order chi connectivity index (χ1) is 8.56. The lowest BCUT2D eigenvalue weighted by Crippen LogP contribution is -2.07. The van der Waals surface area contributed by atoms with Crippen LogP contribution in [0.2, 0.25) is 0 Å². The Morgan fingerprint density at radius 3 is 1.56 bits per heavy atom. The molecule has 0 saturated heterocycles. The van der Waals surface area contributed by atoms with E-state index in [1.165, 1.54) is 13.8 Å². The normalized spacial score (nSPS) is 10.1. The van der Waals surface area contributed by atoms with Crippen LogP contribution in [0.4, 0.5) is 0 Å². The molecule has 0 radical (unpaired) electrons. The summed E-state index contributed by atoms with van der Waals surface area (Å²) < 4.78 is 10.1. The smallest absolute Gasteiger partial charge is 0.308 e. The minimum absolute atomic E-state index is 0.247. The molecule has 0 aliphatic heterocycles. The van der Waals surface area contributed by atoms with Crippen molar-refractivity contribution < 1.29 is 19.1 Å². The second-order valence-electron chi connectivity index (χ2n) is 3.83. The molecule has 0 heterocycles. The Bertz CT molecular complexity index is 562. The maximum absolute atomic E-state index is 11.0. The molecule has 0 atom stereocenters. The molecule has 0 amide bonds. The average Bonchev–Trinajstić information content (AvgIpc) is 2.28. The molecule has 0 aromatic heterocycles. The van der Waals surface area contributed by atoms with Gasteiger partial charge < -0.3 is 9.47 Å². The van der Waals surface area contributed by atoms with E-state index in [0.717, 1.165) is 10.8 Å². The number of esters is 2. The maximum atomic E-state index is 11.0. The van der Waals surface area contributed by atoms with E-state index in [1.54, 1.807) is 12.1 Å². The van der Waals surface area contributed by atoms with Gasteiger partial charge in [-0.1, -0.05) is 24.3 Å². The third-order valence-corrected chi connectivity index (χ3v) is 2.32. The summed E-state index contributed by atoms with van der Waals surface area (Å²) in [5, 5.41) is 1.81. The molecule has 2 aromatic carbocycles. The van der Waals surface area contributed by atoms with Gasteiger partial charge in [-0.25, -0.2) is 0 Å². The fourth-order valence-electron chi connectivity index (χ4n) is 1.67. The molecule has 0 bridgehead atoms. The van der Waals surface area contributed by atoms with Gasteiger partial charge in [-0.3, -0.25) is 9.59 Å². The van der Waals surface area contributed by atoms with Crippen molar-refractivity contribution >= 4 is 22.7 Å². The first kappa shape index (κ1) is 12.1. The molecule has 4 nitrogen and oxygen atoms in total. The largest absolute Gasteiger partial charge is 0.423 e. The van der Waals surface area contributed by atoms with Crippen LogP contribution in [0.15, 0.2) is 36.4 Å². The molecule has 0 spiro atoms. The van der Waals surface area contributed by atoms with E-state index < -0.39 is 11.9 Å². The summed E-state index contributed by atoms with van der Waals surface area (Å²) in [6, 6.07) is 10.9. The van der Waals surface area contributed by atoms with Crippen LogP contribution in [0.3, 0.4) is 0 Å². The second-order valence-corrected chi connectivity index (χ2v) is 3.83. The number of benzene rings is 2. The lowest BCUT2D eigenvalue weighted by Gasteiger charge is -2.10. The third kappa shape index (κ3) is 2.66. The molecular formula is C14H12O4. The molecule has 92 valence electrons. The molecule has 0 aliphatic rings. The number of rotatable bonds is 2. The van der Waals surface area contributed by atoms with E-state index in [2.05, 4.69) is 0 Å². The third-order valence-electron chi connectivity index (χ3n) is 2.32. The van der Waals surface area contributed by atoms with Crippen LogP contribution in [0.1, 0.15) is 13.8 Å². The van der Waals surface area contributed by atoms with Gasteiger partial charge >= 0.3 is 11.9 Å². The predicted octanol–water partition coefficient (Wildman–Crippen LogP) is 2.69. The highest BCUT2D eigenvalue weighted by Gasteiger charge is 2.11. The van der Waals surface area contributed by atoms with Gasteiger partial charge in [0.2, 0.25) is 0 Å². The van der Waals surface area contributed by atoms with Gasteiger partial charge in [0.1, 0.15) is 0 Å². The lowest BCUT2D eigenvalue weighted by atomic mass is 10.1. The van der Waals surface area contributed by atoms with Gasteiger partial charge in [-0.15, -0.1) is 0 Å². The summed E-state index contributed by atoms with van der Waals surface area (Å²) in [6.45, 7) is 2.60. The fraction of sp³-hybridized carbons (Fsp3) is 0.143. The lowest BCUT2D eigenvalue weighted by molar-refractivity contribution is -0.134. The summed E-state index contributed by atoms with van der Waals surface area (Å²) >= 11 is 0. The van der Waals surface area contributed by atoms with Crippen molar-refractivity contribution in [3.05, 3.63) is 36.4 Å². The van der Waals surface area contributed by atoms with Crippen molar-refractivity contribution in [2.24, 2.45) is 0 Å². The molecule has 0 N–H and O–H groups in total. The standard InChI is InChI=1S/C14H12O4/c1-9(15)17-13-7-11-5-3-4-6-12(11)8-14(13)18-10(2)16/h3-8H,1-2H3. The molecular weight excluding hydrogens is 232 g/mol. The van der Waals surface area contributed by atoms with Crippen LogP contribution in [-0.2, 0) is 9.59 Å². The molecule has 2 aromatic rings. The highest BCUT2D eigenvalue weighted by Crippen LogP contribution is 2.32. The van der Waals surface area contributed by atoms with Crippen LogP contribution in [0.5, 0.6) is 11.5 Å². The predicted molar refractivity (Wildman–Crippen MR) is 66.6 cm³/mol. The van der Waals surface area contributed by atoms with Crippen molar-refractivity contribution in [1.82, 2.24) is 0 Å². The molecule has 2 rings (SSSR count). The second kappa shape index (κ2) is 4.87. The van der Waals surface area contributed by atoms with Crippen molar-refractivity contribution in [1.29, 1.82) is 0 Å². The molecule has 0 fully saturated rings. The molecule has 18 heavy (non-hydrogen) atoms. The summed E-state index contributed by atoms with van der Waals surface area (Å²) in [5.74, 6) is -0.426. The summed E-state index contributed by atoms with van der Waals surface area (Å²) in [4.78, 5) is 22.0. The van der Waals surface area contributed by atoms with Gasteiger partial charge in [0, 0.05) is 13.8 Å². The minimum Gasteiger partial charge on any atom is -0.423 e. The van der Waals surface area contributed by atoms with Crippen LogP contribution in [0.25, 0.3) is 10.8 Å². The van der Waals surface area contributed by atoms with E-state index in [-0.39, 0.29) is 11.5 Å². The van der Waals surface area contributed by atoms with Crippen LogP contribution in [0, 0.1) is 0 Å². The Morgan fingerprint density at radius 1 is 0.833 bits per heavy atom. The van der Waals surface area contributed by atoms with Gasteiger partial charge in [0.25, 0.3) is 0 Å². The average molecular weight is 244 g/mol. The first-order valence-corrected chi connectivity index (χ1v) is 5.46. The van der Waals surface area contributed by atoms with Crippen molar-refractivity contribution in [3.63, 3.8) is 0 Å². The summed E-state index contributed by atoms with van der Waals surface area (Å²) in [5.41, 5.74) is 0. The minimum atomic E-state index is -0.460. The van der Waals surface area contributed by atoms with E-state index in [0.29, 0.717) is 0 Å². The molecule has 0 unspecified atom stereocenters. The Labute approximate surface area is 104 Å². The topological polar surface area (TPSA) is 52.6 Å². The summed E-state index contributed by atoms with van der Waals surface area (Å²) in [6.07, 6.45) is 0. The van der Waals surface area contributed by atoms with E-state index in [1.807, 2.05) is 24.3 Å². The Balaban J connectivity index is 2.55. The number of hydrogen-bond acceptors (Lipinski definition) is 4. The quantitative estimate of drug-likeness (QED) is 0.602. The number of ether oxygens (including phenoxy) is 2. The van der Waals surface area contributed by atoms with Crippen molar-refractivity contribution in [2.45, 2.75) is 13.8 Å². The zero-order valence-electron chi connectivity index (χ0n) is 10.1. The zero-order valence-corrected chi connectivity index (χ0v) is 10.1. The molecule has 4 heteroatoms. The van der Waals surface area contributed by atoms with E-state index >= 15 is 0 Å². The van der Waals surface area contributed by atoms with Gasteiger partial charge in [0.05, 0.1) is 0 Å². The maximum Gasteiger partial charge on any atom is 0.308 e. The monoisotopic (exact) mass is 244 g/mol.